The van der Waals surface area contributed by atoms with E-state index >= 15 is 0 Å². The van der Waals surface area contributed by atoms with Crippen molar-refractivity contribution >= 4 is 11.6 Å². The van der Waals surface area contributed by atoms with Gasteiger partial charge in [-0.1, -0.05) is 30.7 Å². The van der Waals surface area contributed by atoms with Crippen LogP contribution in [0.2, 0.25) is 5.02 Å². The van der Waals surface area contributed by atoms with Crippen molar-refractivity contribution in [2.45, 2.75) is 20.1 Å². The van der Waals surface area contributed by atoms with Crippen LogP contribution in [0.5, 0.6) is 5.75 Å². The third-order valence-corrected chi connectivity index (χ3v) is 3.08. The summed E-state index contributed by atoms with van der Waals surface area (Å²) in [7, 11) is 0. The molecule has 1 aromatic heterocycles. The number of aromatic nitrogens is 1. The van der Waals surface area contributed by atoms with Gasteiger partial charge in [0.15, 0.2) is 0 Å². The second-order valence-electron chi connectivity index (χ2n) is 4.11. The number of ether oxygens (including phenoxy) is 1. The van der Waals surface area contributed by atoms with Gasteiger partial charge in [0.2, 0.25) is 0 Å². The minimum absolute atomic E-state index is 0.445. The zero-order valence-corrected chi connectivity index (χ0v) is 11.7. The van der Waals surface area contributed by atoms with Crippen molar-refractivity contribution in [1.82, 2.24) is 10.3 Å². The molecule has 0 aliphatic rings. The van der Waals surface area contributed by atoms with Crippen LogP contribution in [-0.4, -0.2) is 11.5 Å². The molecule has 0 saturated carbocycles. The van der Waals surface area contributed by atoms with E-state index in [1.165, 1.54) is 0 Å². The van der Waals surface area contributed by atoms with E-state index in [1.54, 1.807) is 6.20 Å². The molecule has 3 nitrogen and oxygen atoms in total. The van der Waals surface area contributed by atoms with Gasteiger partial charge in [0.25, 0.3) is 0 Å². The monoisotopic (exact) mass is 276 g/mol. The molecule has 0 saturated heterocycles. The predicted octanol–water partition coefficient (Wildman–Crippen LogP) is 3.42. The SMILES string of the molecule is CCNCc1c(Cl)cccc1OCc1ccccn1. The fraction of sp³-hybridized carbons (Fsp3) is 0.267. The van der Waals surface area contributed by atoms with Gasteiger partial charge in [-0.3, -0.25) is 4.98 Å². The Morgan fingerprint density at radius 2 is 2.11 bits per heavy atom. The Bertz CT molecular complexity index is 517. The molecule has 0 unspecified atom stereocenters. The van der Waals surface area contributed by atoms with Crippen LogP contribution < -0.4 is 10.1 Å². The molecule has 0 atom stereocenters. The number of rotatable bonds is 6. The van der Waals surface area contributed by atoms with E-state index in [0.717, 1.165) is 28.6 Å². The first-order chi connectivity index (χ1) is 9.31. The molecule has 0 fully saturated rings. The normalized spacial score (nSPS) is 10.4. The Morgan fingerprint density at radius 3 is 2.84 bits per heavy atom. The Morgan fingerprint density at radius 1 is 1.21 bits per heavy atom. The van der Waals surface area contributed by atoms with Crippen LogP contribution in [0.1, 0.15) is 18.2 Å². The second kappa shape index (κ2) is 7.12. The highest BCUT2D eigenvalue weighted by Crippen LogP contribution is 2.26. The molecule has 0 bridgehead atoms. The number of halogens is 1. The van der Waals surface area contributed by atoms with Gasteiger partial charge < -0.3 is 10.1 Å². The zero-order valence-electron chi connectivity index (χ0n) is 10.9. The summed E-state index contributed by atoms with van der Waals surface area (Å²) in [6, 6.07) is 11.5. The van der Waals surface area contributed by atoms with Crippen LogP contribution in [0.25, 0.3) is 0 Å². The van der Waals surface area contributed by atoms with Gasteiger partial charge >= 0.3 is 0 Å². The number of nitrogens with one attached hydrogen (secondary N) is 1. The molecule has 0 amide bonds. The first kappa shape index (κ1) is 13.8. The molecule has 2 aromatic rings. The lowest BCUT2D eigenvalue weighted by Crippen LogP contribution is -2.13. The van der Waals surface area contributed by atoms with E-state index in [2.05, 4.69) is 17.2 Å². The van der Waals surface area contributed by atoms with Crippen molar-refractivity contribution in [3.8, 4) is 5.75 Å². The van der Waals surface area contributed by atoms with E-state index in [4.69, 9.17) is 16.3 Å². The molecule has 0 spiro atoms. The van der Waals surface area contributed by atoms with Crippen LogP contribution >= 0.6 is 11.6 Å². The highest BCUT2D eigenvalue weighted by molar-refractivity contribution is 6.31. The lowest BCUT2D eigenvalue weighted by Gasteiger charge is -2.13. The van der Waals surface area contributed by atoms with Gasteiger partial charge in [-0.15, -0.1) is 0 Å². The first-order valence-electron chi connectivity index (χ1n) is 6.32. The Kier molecular flexibility index (Phi) is 5.19. The summed E-state index contributed by atoms with van der Waals surface area (Å²) >= 11 is 6.21. The molecule has 1 N–H and O–H groups in total. The molecule has 0 radical (unpaired) electrons. The summed E-state index contributed by atoms with van der Waals surface area (Å²) < 4.78 is 5.81. The minimum atomic E-state index is 0.445. The number of pyridine rings is 1. The third kappa shape index (κ3) is 3.94. The van der Waals surface area contributed by atoms with Crippen LogP contribution in [0, 0.1) is 0 Å². The number of hydrogen-bond acceptors (Lipinski definition) is 3. The molecular weight excluding hydrogens is 260 g/mol. The minimum Gasteiger partial charge on any atom is -0.487 e. The van der Waals surface area contributed by atoms with Crippen LogP contribution in [-0.2, 0) is 13.2 Å². The van der Waals surface area contributed by atoms with Crippen molar-refractivity contribution in [2.75, 3.05) is 6.54 Å². The van der Waals surface area contributed by atoms with Crippen molar-refractivity contribution < 1.29 is 4.74 Å². The molecule has 0 aliphatic heterocycles. The zero-order chi connectivity index (χ0) is 13.5. The van der Waals surface area contributed by atoms with Gasteiger partial charge in [-0.25, -0.2) is 0 Å². The quantitative estimate of drug-likeness (QED) is 0.878. The number of benzene rings is 1. The second-order valence-corrected chi connectivity index (χ2v) is 4.51. The van der Waals surface area contributed by atoms with E-state index in [1.807, 2.05) is 36.4 Å². The molecule has 19 heavy (non-hydrogen) atoms. The molecule has 2 rings (SSSR count). The molecule has 0 aliphatic carbocycles. The van der Waals surface area contributed by atoms with Gasteiger partial charge in [0.1, 0.15) is 12.4 Å². The van der Waals surface area contributed by atoms with Gasteiger partial charge in [0, 0.05) is 23.3 Å². The van der Waals surface area contributed by atoms with Crippen molar-refractivity contribution in [2.24, 2.45) is 0 Å². The van der Waals surface area contributed by atoms with Gasteiger partial charge in [0.05, 0.1) is 5.69 Å². The maximum Gasteiger partial charge on any atom is 0.130 e. The fourth-order valence-electron chi connectivity index (χ4n) is 1.73. The summed E-state index contributed by atoms with van der Waals surface area (Å²) in [6.45, 7) is 4.10. The Labute approximate surface area is 118 Å². The smallest absolute Gasteiger partial charge is 0.130 e. The van der Waals surface area contributed by atoms with E-state index in [0.29, 0.717) is 13.2 Å². The largest absolute Gasteiger partial charge is 0.487 e. The molecule has 100 valence electrons. The highest BCUT2D eigenvalue weighted by Gasteiger charge is 2.08. The van der Waals surface area contributed by atoms with E-state index in [-0.39, 0.29) is 0 Å². The number of hydrogen-bond donors (Lipinski definition) is 1. The van der Waals surface area contributed by atoms with E-state index < -0.39 is 0 Å². The average Bonchev–Trinajstić information content (AvgIpc) is 2.45. The van der Waals surface area contributed by atoms with Crippen LogP contribution in [0.3, 0.4) is 0 Å². The highest BCUT2D eigenvalue weighted by atomic mass is 35.5. The Hall–Kier alpha value is -1.58. The topological polar surface area (TPSA) is 34.1 Å². The predicted molar refractivity (Wildman–Crippen MR) is 77.4 cm³/mol. The number of nitrogens with zero attached hydrogens (tertiary/aromatic N) is 1. The van der Waals surface area contributed by atoms with Crippen LogP contribution in [0.4, 0.5) is 0 Å². The maximum absolute atomic E-state index is 6.21. The average molecular weight is 277 g/mol. The lowest BCUT2D eigenvalue weighted by molar-refractivity contribution is 0.297. The molecular formula is C15H17ClN2O. The van der Waals surface area contributed by atoms with Gasteiger partial charge in [-0.05, 0) is 30.8 Å². The molecule has 1 aromatic carbocycles. The standard InChI is InChI=1S/C15H17ClN2O/c1-2-17-10-13-14(16)7-5-8-15(13)19-11-12-6-3-4-9-18-12/h3-9,17H,2,10-11H2,1H3. The summed E-state index contributed by atoms with van der Waals surface area (Å²) in [5, 5.41) is 3.99. The van der Waals surface area contributed by atoms with Gasteiger partial charge in [-0.2, -0.15) is 0 Å². The summed E-state index contributed by atoms with van der Waals surface area (Å²) in [4.78, 5) is 4.23. The summed E-state index contributed by atoms with van der Waals surface area (Å²) in [5.74, 6) is 0.805. The molecule has 1 heterocycles. The van der Waals surface area contributed by atoms with E-state index in [9.17, 15) is 0 Å². The third-order valence-electron chi connectivity index (χ3n) is 2.73. The first-order valence-corrected chi connectivity index (χ1v) is 6.70. The van der Waals surface area contributed by atoms with Crippen molar-refractivity contribution in [1.29, 1.82) is 0 Å². The summed E-state index contributed by atoms with van der Waals surface area (Å²) in [6.07, 6.45) is 1.76. The van der Waals surface area contributed by atoms with Crippen molar-refractivity contribution in [3.63, 3.8) is 0 Å². The lowest BCUT2D eigenvalue weighted by atomic mass is 10.2. The maximum atomic E-state index is 6.21. The molecule has 4 heteroatoms. The summed E-state index contributed by atoms with van der Waals surface area (Å²) in [5.41, 5.74) is 1.89. The van der Waals surface area contributed by atoms with Crippen molar-refractivity contribution in [3.05, 3.63) is 58.9 Å². The van der Waals surface area contributed by atoms with Crippen LogP contribution in [0.15, 0.2) is 42.6 Å². The Balaban J connectivity index is 2.09. The fourth-order valence-corrected chi connectivity index (χ4v) is 1.96.